The smallest absolute Gasteiger partial charge is 0.281 e. The van der Waals surface area contributed by atoms with E-state index in [1.165, 1.54) is 10.6 Å². The first kappa shape index (κ1) is 21.4. The topological polar surface area (TPSA) is 96.2 Å². The highest BCUT2D eigenvalue weighted by Crippen LogP contribution is 2.13. The van der Waals surface area contributed by atoms with Crippen LogP contribution in [0.15, 0.2) is 59.7 Å². The molecule has 0 unspecified atom stereocenters. The standard InChI is InChI=1S/C23H25N5O4/c1-32-18-7-5-17(6-8-18)14-21(29)26-10-12-27(13-11-26)22(30)16-24-19-15-25-20-4-2-3-9-28(20)23(19)31/h2-9,15,24H,10-14,16H2,1H3. The molecule has 1 aliphatic heterocycles. The van der Waals surface area contributed by atoms with E-state index in [0.29, 0.717) is 38.2 Å². The molecule has 0 bridgehead atoms. The number of carbonyl (C=O) groups excluding carboxylic acids is 2. The summed E-state index contributed by atoms with van der Waals surface area (Å²) in [4.78, 5) is 45.4. The Labute approximate surface area is 185 Å². The van der Waals surface area contributed by atoms with Crippen LogP contribution in [0.3, 0.4) is 0 Å². The van der Waals surface area contributed by atoms with Crippen LogP contribution < -0.4 is 15.6 Å². The number of ether oxygens (including phenoxy) is 1. The van der Waals surface area contributed by atoms with Crippen molar-refractivity contribution >= 4 is 23.1 Å². The van der Waals surface area contributed by atoms with E-state index in [0.717, 1.165) is 11.3 Å². The summed E-state index contributed by atoms with van der Waals surface area (Å²) in [5.74, 6) is 0.671. The molecule has 4 rings (SSSR count). The summed E-state index contributed by atoms with van der Waals surface area (Å²) in [5, 5.41) is 2.90. The van der Waals surface area contributed by atoms with Crippen LogP contribution in [0, 0.1) is 0 Å². The van der Waals surface area contributed by atoms with Gasteiger partial charge in [0.05, 0.1) is 26.3 Å². The van der Waals surface area contributed by atoms with Gasteiger partial charge in [0, 0.05) is 32.4 Å². The highest BCUT2D eigenvalue weighted by Gasteiger charge is 2.24. The molecule has 2 amide bonds. The molecule has 0 spiro atoms. The van der Waals surface area contributed by atoms with E-state index in [4.69, 9.17) is 4.74 Å². The lowest BCUT2D eigenvalue weighted by atomic mass is 10.1. The van der Waals surface area contributed by atoms with Gasteiger partial charge in [-0.25, -0.2) is 4.98 Å². The zero-order valence-corrected chi connectivity index (χ0v) is 17.9. The van der Waals surface area contributed by atoms with E-state index >= 15 is 0 Å². The third-order valence-corrected chi connectivity index (χ3v) is 5.54. The molecule has 0 atom stereocenters. The van der Waals surface area contributed by atoms with E-state index in [-0.39, 0.29) is 29.6 Å². The first-order valence-electron chi connectivity index (χ1n) is 10.4. The zero-order chi connectivity index (χ0) is 22.5. The fraction of sp³-hybridized carbons (Fsp3) is 0.304. The molecule has 3 aromatic rings. The van der Waals surface area contributed by atoms with Gasteiger partial charge < -0.3 is 19.9 Å². The Bertz CT molecular complexity index is 1170. The number of hydrogen-bond acceptors (Lipinski definition) is 6. The summed E-state index contributed by atoms with van der Waals surface area (Å²) in [5.41, 5.74) is 1.49. The number of benzene rings is 1. The van der Waals surface area contributed by atoms with Crippen molar-refractivity contribution in [1.29, 1.82) is 0 Å². The molecule has 1 aromatic carbocycles. The zero-order valence-electron chi connectivity index (χ0n) is 17.9. The summed E-state index contributed by atoms with van der Waals surface area (Å²) in [6, 6.07) is 12.7. The highest BCUT2D eigenvalue weighted by atomic mass is 16.5. The lowest BCUT2D eigenvalue weighted by Gasteiger charge is -2.35. The molecule has 9 nitrogen and oxygen atoms in total. The third kappa shape index (κ3) is 4.72. The Morgan fingerprint density at radius 2 is 1.69 bits per heavy atom. The number of nitrogens with zero attached hydrogens (tertiary/aromatic N) is 4. The molecule has 0 saturated carbocycles. The molecule has 2 aromatic heterocycles. The van der Waals surface area contributed by atoms with Gasteiger partial charge in [0.1, 0.15) is 17.1 Å². The summed E-state index contributed by atoms with van der Waals surface area (Å²) >= 11 is 0. The average Bonchev–Trinajstić information content (AvgIpc) is 2.84. The van der Waals surface area contributed by atoms with Gasteiger partial charge in [-0.15, -0.1) is 0 Å². The number of fused-ring (bicyclic) bond motifs is 1. The van der Waals surface area contributed by atoms with E-state index in [1.54, 1.807) is 41.3 Å². The molecule has 1 fully saturated rings. The summed E-state index contributed by atoms with van der Waals surface area (Å²) in [7, 11) is 1.60. The van der Waals surface area contributed by atoms with Crippen molar-refractivity contribution in [2.75, 3.05) is 45.2 Å². The molecule has 166 valence electrons. The second-order valence-electron chi connectivity index (χ2n) is 7.55. The van der Waals surface area contributed by atoms with E-state index in [2.05, 4.69) is 10.3 Å². The molecule has 1 aliphatic rings. The molecule has 32 heavy (non-hydrogen) atoms. The maximum absolute atomic E-state index is 12.6. The minimum absolute atomic E-state index is 0.00435. The average molecular weight is 435 g/mol. The maximum atomic E-state index is 12.6. The van der Waals surface area contributed by atoms with Crippen LogP contribution in [0.1, 0.15) is 5.56 Å². The Morgan fingerprint density at radius 3 is 2.38 bits per heavy atom. The van der Waals surface area contributed by atoms with Crippen LogP contribution in [0.5, 0.6) is 5.75 Å². The molecule has 9 heteroatoms. The lowest BCUT2D eigenvalue weighted by Crippen LogP contribution is -2.52. The number of piperazine rings is 1. The molecule has 1 N–H and O–H groups in total. The number of aromatic nitrogens is 2. The minimum Gasteiger partial charge on any atom is -0.497 e. The molecule has 0 aliphatic carbocycles. The maximum Gasteiger partial charge on any atom is 0.281 e. The van der Waals surface area contributed by atoms with Crippen LogP contribution in [-0.2, 0) is 16.0 Å². The second-order valence-corrected chi connectivity index (χ2v) is 7.55. The van der Waals surface area contributed by atoms with E-state index in [9.17, 15) is 14.4 Å². The summed E-state index contributed by atoms with van der Waals surface area (Å²) in [6.07, 6.45) is 3.40. The van der Waals surface area contributed by atoms with Gasteiger partial charge in [-0.05, 0) is 29.8 Å². The minimum atomic E-state index is -0.252. The highest BCUT2D eigenvalue weighted by molar-refractivity contribution is 5.82. The van der Waals surface area contributed by atoms with Gasteiger partial charge in [0.2, 0.25) is 11.8 Å². The van der Waals surface area contributed by atoms with Crippen molar-refractivity contribution in [1.82, 2.24) is 19.2 Å². The lowest BCUT2D eigenvalue weighted by molar-refractivity contribution is -0.138. The fourth-order valence-electron chi connectivity index (χ4n) is 3.67. The fourth-order valence-corrected chi connectivity index (χ4v) is 3.67. The van der Waals surface area contributed by atoms with Gasteiger partial charge in [0.15, 0.2) is 0 Å². The predicted molar refractivity (Wildman–Crippen MR) is 120 cm³/mol. The first-order chi connectivity index (χ1) is 15.5. The van der Waals surface area contributed by atoms with Gasteiger partial charge in [-0.1, -0.05) is 18.2 Å². The number of nitrogens with one attached hydrogen (secondary N) is 1. The van der Waals surface area contributed by atoms with E-state index in [1.807, 2.05) is 24.3 Å². The first-order valence-corrected chi connectivity index (χ1v) is 10.4. The number of amides is 2. The normalized spacial score (nSPS) is 13.8. The van der Waals surface area contributed by atoms with Crippen LogP contribution in [0.2, 0.25) is 0 Å². The SMILES string of the molecule is COc1ccc(CC(=O)N2CCN(C(=O)CNc3cnc4ccccn4c3=O)CC2)cc1. The number of anilines is 1. The van der Waals surface area contributed by atoms with Gasteiger partial charge in [-0.2, -0.15) is 0 Å². The van der Waals surface area contributed by atoms with Crippen LogP contribution >= 0.6 is 0 Å². The Kier molecular flexibility index (Phi) is 6.34. The molecular weight excluding hydrogens is 410 g/mol. The van der Waals surface area contributed by atoms with Crippen molar-refractivity contribution in [3.63, 3.8) is 0 Å². The van der Waals surface area contributed by atoms with Crippen molar-refractivity contribution in [3.8, 4) is 5.75 Å². The molecule has 1 saturated heterocycles. The second kappa shape index (κ2) is 9.51. The number of carbonyl (C=O) groups is 2. The van der Waals surface area contributed by atoms with Crippen LogP contribution in [0.4, 0.5) is 5.69 Å². The molecule has 0 radical (unpaired) electrons. The summed E-state index contributed by atoms with van der Waals surface area (Å²) < 4.78 is 6.57. The van der Waals surface area contributed by atoms with Crippen LogP contribution in [0.25, 0.3) is 5.65 Å². The van der Waals surface area contributed by atoms with Crippen molar-refractivity contribution in [2.24, 2.45) is 0 Å². The third-order valence-electron chi connectivity index (χ3n) is 5.54. The monoisotopic (exact) mass is 435 g/mol. The number of pyridine rings is 1. The van der Waals surface area contributed by atoms with Crippen molar-refractivity contribution < 1.29 is 14.3 Å². The Morgan fingerprint density at radius 1 is 1.00 bits per heavy atom. The van der Waals surface area contributed by atoms with Gasteiger partial charge in [-0.3, -0.25) is 18.8 Å². The quantitative estimate of drug-likeness (QED) is 0.621. The van der Waals surface area contributed by atoms with Gasteiger partial charge >= 0.3 is 0 Å². The van der Waals surface area contributed by atoms with Crippen molar-refractivity contribution in [2.45, 2.75) is 6.42 Å². The van der Waals surface area contributed by atoms with E-state index < -0.39 is 0 Å². The largest absolute Gasteiger partial charge is 0.497 e. The molecule has 3 heterocycles. The van der Waals surface area contributed by atoms with Crippen molar-refractivity contribution in [3.05, 3.63) is 70.8 Å². The Balaban J connectivity index is 1.27. The van der Waals surface area contributed by atoms with Crippen LogP contribution in [-0.4, -0.2) is 70.8 Å². The Hall–Kier alpha value is -3.88. The number of rotatable bonds is 6. The summed E-state index contributed by atoms with van der Waals surface area (Å²) in [6.45, 7) is 1.89. The van der Waals surface area contributed by atoms with Gasteiger partial charge in [0.25, 0.3) is 5.56 Å². The number of hydrogen-bond donors (Lipinski definition) is 1. The number of methoxy groups -OCH3 is 1. The molecular formula is C23H25N5O4. The predicted octanol–water partition coefficient (Wildman–Crippen LogP) is 1.03.